The molecule has 0 saturated heterocycles. The number of para-hydroxylation sites is 1. The van der Waals surface area contributed by atoms with Crippen LogP contribution < -0.4 is 10.6 Å². The lowest BCUT2D eigenvalue weighted by Crippen LogP contribution is -2.30. The van der Waals surface area contributed by atoms with Crippen LogP contribution >= 0.6 is 11.8 Å². The molecule has 19 heavy (non-hydrogen) atoms. The van der Waals surface area contributed by atoms with Crippen molar-refractivity contribution in [3.05, 3.63) is 29.8 Å². The zero-order valence-corrected chi connectivity index (χ0v) is 11.8. The first kappa shape index (κ1) is 15.9. The van der Waals surface area contributed by atoms with Crippen LogP contribution in [-0.2, 0) is 4.79 Å². The minimum atomic E-state index is -0.774. The van der Waals surface area contributed by atoms with Crippen LogP contribution in [0.3, 0.4) is 0 Å². The van der Waals surface area contributed by atoms with Gasteiger partial charge in [0.2, 0.25) is 5.91 Å². The molecule has 106 valence electrons. The summed E-state index contributed by atoms with van der Waals surface area (Å²) in [6.07, 6.45) is 2.96. The van der Waals surface area contributed by atoms with Gasteiger partial charge in [-0.2, -0.15) is 11.8 Å². The average Bonchev–Trinajstić information content (AvgIpc) is 2.39. The van der Waals surface area contributed by atoms with Crippen molar-refractivity contribution < 1.29 is 13.6 Å². The van der Waals surface area contributed by atoms with E-state index in [1.807, 2.05) is 6.26 Å². The van der Waals surface area contributed by atoms with Gasteiger partial charge in [-0.1, -0.05) is 13.0 Å². The number of thioether (sulfide) groups is 1. The number of rotatable bonds is 7. The van der Waals surface area contributed by atoms with E-state index in [0.29, 0.717) is 11.8 Å². The Morgan fingerprint density at radius 1 is 1.37 bits per heavy atom. The van der Waals surface area contributed by atoms with Gasteiger partial charge in [-0.3, -0.25) is 4.79 Å². The molecule has 1 amide bonds. The second kappa shape index (κ2) is 8.12. The predicted molar refractivity (Wildman–Crippen MR) is 75.5 cm³/mol. The van der Waals surface area contributed by atoms with E-state index in [2.05, 4.69) is 17.6 Å². The minimum Gasteiger partial charge on any atom is -0.320 e. The number of carbonyl (C=O) groups excluding carboxylic acids is 1. The van der Waals surface area contributed by atoms with Crippen molar-refractivity contribution in [1.82, 2.24) is 5.32 Å². The second-order valence-corrected chi connectivity index (χ2v) is 5.43. The van der Waals surface area contributed by atoms with Gasteiger partial charge in [0.05, 0.1) is 6.54 Å². The van der Waals surface area contributed by atoms with Gasteiger partial charge in [-0.05, 0) is 31.4 Å². The first-order valence-corrected chi connectivity index (χ1v) is 7.30. The molecule has 1 aromatic rings. The quantitative estimate of drug-likeness (QED) is 0.758. The highest BCUT2D eigenvalue weighted by molar-refractivity contribution is 7.99. The lowest BCUT2D eigenvalue weighted by Gasteiger charge is -2.10. The highest BCUT2D eigenvalue weighted by Crippen LogP contribution is 2.17. The van der Waals surface area contributed by atoms with E-state index in [-0.39, 0.29) is 6.54 Å². The lowest BCUT2D eigenvalue weighted by atomic mass is 10.3. The molecule has 1 atom stereocenters. The van der Waals surface area contributed by atoms with Crippen molar-refractivity contribution in [3.8, 4) is 0 Å². The Hall–Kier alpha value is -1.14. The SMILES string of the molecule is CSC(C)CCNCC(=O)Nc1c(F)cccc1F. The molecule has 0 bridgehead atoms. The molecule has 0 spiro atoms. The molecule has 1 aromatic carbocycles. The molecule has 2 N–H and O–H groups in total. The third-order valence-electron chi connectivity index (χ3n) is 2.64. The van der Waals surface area contributed by atoms with Crippen LogP contribution in [0.2, 0.25) is 0 Å². The van der Waals surface area contributed by atoms with Gasteiger partial charge >= 0.3 is 0 Å². The molecule has 1 rings (SSSR count). The fraction of sp³-hybridized carbons (Fsp3) is 0.462. The monoisotopic (exact) mass is 288 g/mol. The number of hydrogen-bond donors (Lipinski definition) is 2. The molecule has 0 saturated carbocycles. The van der Waals surface area contributed by atoms with Crippen molar-refractivity contribution in [2.75, 3.05) is 24.7 Å². The van der Waals surface area contributed by atoms with Crippen molar-refractivity contribution >= 4 is 23.4 Å². The average molecular weight is 288 g/mol. The molecular weight excluding hydrogens is 270 g/mol. The largest absolute Gasteiger partial charge is 0.320 e. The van der Waals surface area contributed by atoms with Gasteiger partial charge in [0.15, 0.2) is 0 Å². The van der Waals surface area contributed by atoms with Crippen molar-refractivity contribution in [1.29, 1.82) is 0 Å². The van der Waals surface area contributed by atoms with Crippen LogP contribution in [0.4, 0.5) is 14.5 Å². The minimum absolute atomic E-state index is 0.0366. The summed E-state index contributed by atoms with van der Waals surface area (Å²) in [5.41, 5.74) is -0.396. The van der Waals surface area contributed by atoms with Gasteiger partial charge in [-0.15, -0.1) is 0 Å². The van der Waals surface area contributed by atoms with Gasteiger partial charge in [0.25, 0.3) is 0 Å². The van der Waals surface area contributed by atoms with Crippen molar-refractivity contribution in [3.63, 3.8) is 0 Å². The van der Waals surface area contributed by atoms with Crippen LogP contribution in [0.25, 0.3) is 0 Å². The molecule has 1 unspecified atom stereocenters. The summed E-state index contributed by atoms with van der Waals surface area (Å²) >= 11 is 1.75. The van der Waals surface area contributed by atoms with E-state index in [0.717, 1.165) is 18.6 Å². The third kappa shape index (κ3) is 5.57. The van der Waals surface area contributed by atoms with Gasteiger partial charge in [0, 0.05) is 5.25 Å². The van der Waals surface area contributed by atoms with Crippen LogP contribution in [0, 0.1) is 11.6 Å². The van der Waals surface area contributed by atoms with E-state index in [4.69, 9.17) is 0 Å². The molecular formula is C13H18F2N2OS. The van der Waals surface area contributed by atoms with Crippen LogP contribution in [0.5, 0.6) is 0 Å². The van der Waals surface area contributed by atoms with E-state index in [1.54, 1.807) is 11.8 Å². The van der Waals surface area contributed by atoms with E-state index in [9.17, 15) is 13.6 Å². The summed E-state index contributed by atoms with van der Waals surface area (Å²) in [5, 5.41) is 5.68. The van der Waals surface area contributed by atoms with E-state index in [1.165, 1.54) is 6.07 Å². The molecule has 6 heteroatoms. The maximum Gasteiger partial charge on any atom is 0.238 e. The molecule has 0 aromatic heterocycles. The number of halogens is 2. The third-order valence-corrected chi connectivity index (χ3v) is 3.68. The lowest BCUT2D eigenvalue weighted by molar-refractivity contribution is -0.115. The standard InChI is InChI=1S/C13H18F2N2OS/c1-9(19-2)6-7-16-8-12(18)17-13-10(14)4-3-5-11(13)15/h3-5,9,16H,6-8H2,1-2H3,(H,17,18). The highest BCUT2D eigenvalue weighted by Gasteiger charge is 2.11. The Balaban J connectivity index is 2.35. The molecule has 0 fully saturated rings. The van der Waals surface area contributed by atoms with Gasteiger partial charge in [0.1, 0.15) is 17.3 Å². The number of hydrogen-bond acceptors (Lipinski definition) is 3. The molecule has 0 heterocycles. The van der Waals surface area contributed by atoms with Crippen molar-refractivity contribution in [2.45, 2.75) is 18.6 Å². The topological polar surface area (TPSA) is 41.1 Å². The maximum absolute atomic E-state index is 13.3. The van der Waals surface area contributed by atoms with Gasteiger partial charge in [-0.25, -0.2) is 8.78 Å². The number of amides is 1. The summed E-state index contributed by atoms with van der Waals surface area (Å²) in [6, 6.07) is 3.46. The summed E-state index contributed by atoms with van der Waals surface area (Å²) in [5.74, 6) is -2.01. The smallest absolute Gasteiger partial charge is 0.238 e. The zero-order valence-electron chi connectivity index (χ0n) is 11.0. The highest BCUT2D eigenvalue weighted by atomic mass is 32.2. The Bertz CT molecular complexity index is 409. The van der Waals surface area contributed by atoms with Gasteiger partial charge < -0.3 is 10.6 Å². The van der Waals surface area contributed by atoms with Crippen LogP contribution in [-0.4, -0.2) is 30.5 Å². The zero-order chi connectivity index (χ0) is 14.3. The number of nitrogens with one attached hydrogen (secondary N) is 2. The maximum atomic E-state index is 13.3. The van der Waals surface area contributed by atoms with Crippen LogP contribution in [0.1, 0.15) is 13.3 Å². The Kier molecular flexibility index (Phi) is 6.80. The van der Waals surface area contributed by atoms with E-state index >= 15 is 0 Å². The molecule has 0 radical (unpaired) electrons. The Morgan fingerprint density at radius 2 is 2.00 bits per heavy atom. The first-order chi connectivity index (χ1) is 9.04. The summed E-state index contributed by atoms with van der Waals surface area (Å²) in [4.78, 5) is 11.5. The van der Waals surface area contributed by atoms with Crippen molar-refractivity contribution in [2.24, 2.45) is 0 Å². The Morgan fingerprint density at radius 3 is 2.58 bits per heavy atom. The molecule has 0 aliphatic carbocycles. The van der Waals surface area contributed by atoms with Crippen LogP contribution in [0.15, 0.2) is 18.2 Å². The summed E-state index contributed by atoms with van der Waals surface area (Å²) in [6.45, 7) is 2.82. The number of benzene rings is 1. The normalized spacial score (nSPS) is 12.2. The fourth-order valence-corrected chi connectivity index (χ4v) is 1.78. The summed E-state index contributed by atoms with van der Waals surface area (Å²) < 4.78 is 26.5. The first-order valence-electron chi connectivity index (χ1n) is 6.02. The summed E-state index contributed by atoms with van der Waals surface area (Å²) in [7, 11) is 0. The van der Waals surface area contributed by atoms with E-state index < -0.39 is 23.2 Å². The fourth-order valence-electron chi connectivity index (χ4n) is 1.43. The Labute approximate surface area is 116 Å². The predicted octanol–water partition coefficient (Wildman–Crippen LogP) is 2.63. The molecule has 0 aliphatic rings. The number of carbonyl (C=O) groups is 1. The molecule has 3 nitrogen and oxygen atoms in total. The number of anilines is 1. The molecule has 0 aliphatic heterocycles. The second-order valence-electron chi connectivity index (χ2n) is 4.16.